The van der Waals surface area contributed by atoms with E-state index in [0.717, 1.165) is 0 Å². The standard InChI is InChI=1S/C5H4O4/c6-4(7)2-1-3-5(8)9/h2-3H,(H,6,7)(H,8,9)/p-2. The van der Waals surface area contributed by atoms with E-state index in [2.05, 4.69) is 0 Å². The highest BCUT2D eigenvalue weighted by atomic mass is 16.4. The predicted molar refractivity (Wildman–Crippen MR) is 22.7 cm³/mol. The van der Waals surface area contributed by atoms with Gasteiger partial charge in [-0.15, -0.1) is 5.73 Å². The van der Waals surface area contributed by atoms with Crippen LogP contribution in [0.3, 0.4) is 0 Å². The van der Waals surface area contributed by atoms with Gasteiger partial charge in [0.05, 0.1) is 11.9 Å². The normalized spacial score (nSPS) is 7.11. The minimum atomic E-state index is -1.49. The van der Waals surface area contributed by atoms with Crippen LogP contribution >= 0.6 is 0 Å². The molecule has 0 radical (unpaired) electrons. The summed E-state index contributed by atoms with van der Waals surface area (Å²) in [5.74, 6) is -2.99. The fraction of sp³-hybridized carbons (Fsp3) is 0. The second kappa shape index (κ2) is 3.46. The van der Waals surface area contributed by atoms with Gasteiger partial charge in [-0.05, 0) is 0 Å². The van der Waals surface area contributed by atoms with Gasteiger partial charge in [-0.25, -0.2) is 0 Å². The fourth-order valence-corrected chi connectivity index (χ4v) is 0.178. The third kappa shape index (κ3) is 6.46. The molecular formula is C5H2O4-2. The predicted octanol–water partition coefficient (Wildman–Crippen LogP) is -2.80. The summed E-state index contributed by atoms with van der Waals surface area (Å²) in [5, 5.41) is 19.0. The Morgan fingerprint density at radius 2 is 1.44 bits per heavy atom. The first-order valence-electron chi connectivity index (χ1n) is 1.97. The molecule has 0 aliphatic rings. The van der Waals surface area contributed by atoms with Crippen LogP contribution in [0.15, 0.2) is 17.9 Å². The zero-order valence-electron chi connectivity index (χ0n) is 4.29. The van der Waals surface area contributed by atoms with Crippen molar-refractivity contribution in [3.05, 3.63) is 17.9 Å². The molecule has 0 aliphatic heterocycles. The van der Waals surface area contributed by atoms with Crippen LogP contribution < -0.4 is 10.2 Å². The molecule has 0 atom stereocenters. The lowest BCUT2D eigenvalue weighted by molar-refractivity contribution is -0.298. The number of carbonyl (C=O) groups excluding carboxylic acids is 2. The Hall–Kier alpha value is -1.54. The van der Waals surface area contributed by atoms with Crippen molar-refractivity contribution in [3.8, 4) is 0 Å². The molecule has 0 amide bonds. The molecule has 0 N–H and O–H groups in total. The summed E-state index contributed by atoms with van der Waals surface area (Å²) in [6.45, 7) is 0. The summed E-state index contributed by atoms with van der Waals surface area (Å²) in [6, 6.07) is 0. The smallest absolute Gasteiger partial charge is 0.0719 e. The van der Waals surface area contributed by atoms with Crippen LogP contribution in [0.4, 0.5) is 0 Å². The number of carboxylic acid groups (broad SMARTS) is 2. The number of hydrogen-bond donors (Lipinski definition) is 0. The van der Waals surface area contributed by atoms with Crippen LogP contribution in [-0.4, -0.2) is 11.9 Å². The van der Waals surface area contributed by atoms with Crippen LogP contribution in [0.5, 0.6) is 0 Å². The highest BCUT2D eigenvalue weighted by Gasteiger charge is 1.67. The van der Waals surface area contributed by atoms with Crippen molar-refractivity contribution in [1.82, 2.24) is 0 Å². The average Bonchev–Trinajstić information content (AvgIpc) is 1.63. The van der Waals surface area contributed by atoms with Gasteiger partial charge in [0.1, 0.15) is 0 Å². The molecule has 0 saturated heterocycles. The second-order valence-corrected chi connectivity index (χ2v) is 1.09. The Morgan fingerprint density at radius 3 is 1.67 bits per heavy atom. The van der Waals surface area contributed by atoms with Crippen molar-refractivity contribution >= 4 is 11.9 Å². The number of rotatable bonds is 2. The lowest BCUT2D eigenvalue weighted by Crippen LogP contribution is -2.19. The SMILES string of the molecule is O=C([O-])C=C=CC(=O)[O-]. The first kappa shape index (κ1) is 7.46. The molecule has 4 nitrogen and oxygen atoms in total. The molecule has 0 aromatic rings. The molecule has 4 heteroatoms. The van der Waals surface area contributed by atoms with Crippen LogP contribution in [0.2, 0.25) is 0 Å². The molecule has 9 heavy (non-hydrogen) atoms. The molecule has 0 aliphatic carbocycles. The monoisotopic (exact) mass is 126 g/mol. The molecule has 0 heterocycles. The zero-order valence-corrected chi connectivity index (χ0v) is 4.29. The topological polar surface area (TPSA) is 80.3 Å². The highest BCUT2D eigenvalue weighted by Crippen LogP contribution is 1.62. The van der Waals surface area contributed by atoms with Crippen LogP contribution in [0.25, 0.3) is 0 Å². The van der Waals surface area contributed by atoms with Gasteiger partial charge in [0.15, 0.2) is 0 Å². The third-order valence-electron chi connectivity index (χ3n) is 0.402. The molecule has 0 fully saturated rings. The molecule has 0 aromatic carbocycles. The molecule has 0 saturated carbocycles. The van der Waals surface area contributed by atoms with Crippen LogP contribution in [-0.2, 0) is 9.59 Å². The second-order valence-electron chi connectivity index (χ2n) is 1.09. The summed E-state index contributed by atoms with van der Waals surface area (Å²) in [7, 11) is 0. The van der Waals surface area contributed by atoms with Crippen molar-refractivity contribution in [3.63, 3.8) is 0 Å². The summed E-state index contributed by atoms with van der Waals surface area (Å²) in [6.07, 6.45) is 0.936. The van der Waals surface area contributed by atoms with E-state index in [0.29, 0.717) is 12.2 Å². The Morgan fingerprint density at radius 1 is 1.11 bits per heavy atom. The minimum Gasteiger partial charge on any atom is -0.545 e. The molecular weight excluding hydrogens is 124 g/mol. The lowest BCUT2D eigenvalue weighted by atomic mass is 10.5. The molecule has 0 rings (SSSR count). The van der Waals surface area contributed by atoms with E-state index in [-0.39, 0.29) is 0 Å². The third-order valence-corrected chi connectivity index (χ3v) is 0.402. The van der Waals surface area contributed by atoms with E-state index in [4.69, 9.17) is 0 Å². The van der Waals surface area contributed by atoms with Gasteiger partial charge in [0, 0.05) is 12.2 Å². The maximum absolute atomic E-state index is 9.52. The fourth-order valence-electron chi connectivity index (χ4n) is 0.178. The first-order chi connectivity index (χ1) is 4.13. The van der Waals surface area contributed by atoms with E-state index in [1.807, 2.05) is 5.73 Å². The molecule has 0 spiro atoms. The van der Waals surface area contributed by atoms with E-state index in [9.17, 15) is 19.8 Å². The highest BCUT2D eigenvalue weighted by molar-refractivity contribution is 5.81. The van der Waals surface area contributed by atoms with Gasteiger partial charge in [-0.1, -0.05) is 0 Å². The Bertz CT molecular complexity index is 167. The Kier molecular flexibility index (Phi) is 2.87. The average molecular weight is 126 g/mol. The van der Waals surface area contributed by atoms with Crippen LogP contribution in [0, 0.1) is 0 Å². The van der Waals surface area contributed by atoms with Gasteiger partial charge in [0.2, 0.25) is 0 Å². The van der Waals surface area contributed by atoms with Crippen molar-refractivity contribution in [2.45, 2.75) is 0 Å². The number of hydrogen-bond acceptors (Lipinski definition) is 4. The summed E-state index contributed by atoms with van der Waals surface area (Å²) >= 11 is 0. The van der Waals surface area contributed by atoms with E-state index in [1.54, 1.807) is 0 Å². The van der Waals surface area contributed by atoms with E-state index >= 15 is 0 Å². The van der Waals surface area contributed by atoms with Gasteiger partial charge in [-0.3, -0.25) is 0 Å². The summed E-state index contributed by atoms with van der Waals surface area (Å²) < 4.78 is 0. The molecule has 48 valence electrons. The number of carbonyl (C=O) groups is 2. The summed E-state index contributed by atoms with van der Waals surface area (Å²) in [4.78, 5) is 19.0. The van der Waals surface area contributed by atoms with E-state index in [1.165, 1.54) is 0 Å². The largest absolute Gasteiger partial charge is 0.545 e. The van der Waals surface area contributed by atoms with Crippen molar-refractivity contribution < 1.29 is 19.8 Å². The van der Waals surface area contributed by atoms with Gasteiger partial charge in [-0.2, -0.15) is 0 Å². The first-order valence-corrected chi connectivity index (χ1v) is 1.97. The van der Waals surface area contributed by atoms with Gasteiger partial charge >= 0.3 is 0 Å². The number of carboxylic acids is 2. The van der Waals surface area contributed by atoms with Crippen molar-refractivity contribution in [1.29, 1.82) is 0 Å². The Labute approximate surface area is 50.7 Å². The van der Waals surface area contributed by atoms with Crippen molar-refractivity contribution in [2.24, 2.45) is 0 Å². The maximum atomic E-state index is 9.52. The zero-order chi connectivity index (χ0) is 7.28. The van der Waals surface area contributed by atoms with Gasteiger partial charge < -0.3 is 19.8 Å². The minimum absolute atomic E-state index is 0.468. The molecule has 0 unspecified atom stereocenters. The van der Waals surface area contributed by atoms with E-state index < -0.39 is 11.9 Å². The van der Waals surface area contributed by atoms with Gasteiger partial charge in [0.25, 0.3) is 0 Å². The maximum Gasteiger partial charge on any atom is 0.0719 e. The lowest BCUT2D eigenvalue weighted by Gasteiger charge is -1.85. The Balaban J connectivity index is 3.97. The number of aliphatic carboxylic acids is 2. The quantitative estimate of drug-likeness (QED) is 0.295. The summed E-state index contributed by atoms with van der Waals surface area (Å²) in [5.41, 5.74) is 1.81. The molecule has 0 aromatic heterocycles. The molecule has 0 bridgehead atoms. The van der Waals surface area contributed by atoms with Crippen LogP contribution in [0.1, 0.15) is 0 Å². The van der Waals surface area contributed by atoms with Crippen molar-refractivity contribution in [2.75, 3.05) is 0 Å².